The number of aryl methyl sites for hydroxylation is 1. The molecule has 0 aliphatic carbocycles. The zero-order chi connectivity index (χ0) is 13.1. The summed E-state index contributed by atoms with van der Waals surface area (Å²) in [4.78, 5) is 12.5. The normalized spacial score (nSPS) is 10.3. The molecule has 3 N–H and O–H groups in total. The molecule has 2 rings (SSSR count). The summed E-state index contributed by atoms with van der Waals surface area (Å²) in [6.07, 6.45) is 1.61. The van der Waals surface area contributed by atoms with Gasteiger partial charge in [0.05, 0.1) is 5.56 Å². The van der Waals surface area contributed by atoms with Gasteiger partial charge in [-0.2, -0.15) is 0 Å². The molecule has 0 saturated heterocycles. The molecule has 1 amide bonds. The number of nitrogens with one attached hydrogen (secondary N) is 1. The summed E-state index contributed by atoms with van der Waals surface area (Å²) in [5, 5.41) is 11.1. The van der Waals surface area contributed by atoms with Crippen LogP contribution in [0.1, 0.15) is 10.4 Å². The molecule has 18 heavy (non-hydrogen) atoms. The van der Waals surface area contributed by atoms with E-state index in [0.717, 1.165) is 4.90 Å². The quantitative estimate of drug-likeness (QED) is 0.804. The number of carbonyl (C=O) groups excluding carboxylic acids is 1. The first-order valence-corrected chi connectivity index (χ1v) is 6.07. The minimum Gasteiger partial charge on any atom is -0.399 e. The van der Waals surface area contributed by atoms with Crippen LogP contribution in [-0.2, 0) is 7.05 Å². The number of hydrogen-bond donors (Lipinski definition) is 2. The number of carbonyl (C=O) groups is 1. The van der Waals surface area contributed by atoms with E-state index >= 15 is 0 Å². The summed E-state index contributed by atoms with van der Waals surface area (Å²) < 4.78 is 1.78. The van der Waals surface area contributed by atoms with Crippen LogP contribution in [0, 0.1) is 0 Å². The zero-order valence-corrected chi connectivity index (χ0v) is 10.9. The summed E-state index contributed by atoms with van der Waals surface area (Å²) in [5.74, 6) is -0.153. The van der Waals surface area contributed by atoms with E-state index in [1.807, 2.05) is 7.05 Å². The third-order valence-corrected chi connectivity index (χ3v) is 3.46. The fraction of sp³-hybridized carbons (Fsp3) is 0.182. The Kier molecular flexibility index (Phi) is 3.52. The van der Waals surface area contributed by atoms with Crippen molar-refractivity contribution in [2.45, 2.75) is 10.1 Å². The van der Waals surface area contributed by atoms with Crippen LogP contribution in [0.5, 0.6) is 0 Å². The first-order chi connectivity index (χ1) is 8.61. The summed E-state index contributed by atoms with van der Waals surface area (Å²) >= 11 is 1.35. The van der Waals surface area contributed by atoms with Gasteiger partial charge in [0, 0.05) is 24.7 Å². The van der Waals surface area contributed by atoms with Gasteiger partial charge in [-0.1, -0.05) is 0 Å². The lowest BCUT2D eigenvalue weighted by atomic mass is 10.2. The second kappa shape index (κ2) is 5.09. The van der Waals surface area contributed by atoms with Gasteiger partial charge >= 0.3 is 0 Å². The van der Waals surface area contributed by atoms with E-state index in [-0.39, 0.29) is 5.91 Å². The molecular weight excluding hydrogens is 250 g/mol. The van der Waals surface area contributed by atoms with E-state index in [9.17, 15) is 4.79 Å². The summed E-state index contributed by atoms with van der Waals surface area (Å²) in [6.45, 7) is 0. The van der Waals surface area contributed by atoms with Gasteiger partial charge in [0.25, 0.3) is 5.91 Å². The minimum absolute atomic E-state index is 0.153. The van der Waals surface area contributed by atoms with Crippen LogP contribution in [0.15, 0.2) is 34.6 Å². The van der Waals surface area contributed by atoms with Crippen molar-refractivity contribution in [1.29, 1.82) is 0 Å². The van der Waals surface area contributed by atoms with Crippen molar-refractivity contribution in [3.8, 4) is 0 Å². The van der Waals surface area contributed by atoms with Crippen LogP contribution < -0.4 is 11.1 Å². The van der Waals surface area contributed by atoms with Crippen molar-refractivity contribution in [2.75, 3.05) is 12.8 Å². The van der Waals surface area contributed by atoms with Crippen LogP contribution in [0.3, 0.4) is 0 Å². The number of nitrogens with zero attached hydrogens (tertiary/aromatic N) is 3. The topological polar surface area (TPSA) is 85.8 Å². The Balaban J connectivity index is 2.39. The molecule has 0 bridgehead atoms. The lowest BCUT2D eigenvalue weighted by molar-refractivity contribution is 0.0960. The lowest BCUT2D eigenvalue weighted by Crippen LogP contribution is -2.18. The van der Waals surface area contributed by atoms with E-state index < -0.39 is 0 Å². The Morgan fingerprint density at radius 3 is 2.89 bits per heavy atom. The van der Waals surface area contributed by atoms with Crippen molar-refractivity contribution in [3.05, 3.63) is 30.1 Å². The maximum atomic E-state index is 11.8. The number of nitrogens with two attached hydrogens (primary N) is 1. The lowest BCUT2D eigenvalue weighted by Gasteiger charge is -2.08. The van der Waals surface area contributed by atoms with Crippen molar-refractivity contribution in [2.24, 2.45) is 7.05 Å². The molecule has 1 heterocycles. The smallest absolute Gasteiger partial charge is 0.252 e. The molecule has 1 aromatic carbocycles. The highest BCUT2D eigenvalue weighted by Gasteiger charge is 2.13. The largest absolute Gasteiger partial charge is 0.399 e. The molecule has 0 aliphatic rings. The van der Waals surface area contributed by atoms with Crippen molar-refractivity contribution in [1.82, 2.24) is 20.1 Å². The van der Waals surface area contributed by atoms with Crippen LogP contribution in [0.2, 0.25) is 0 Å². The molecule has 94 valence electrons. The molecule has 0 fully saturated rings. The van der Waals surface area contributed by atoms with E-state index in [1.54, 1.807) is 36.1 Å². The van der Waals surface area contributed by atoms with Crippen LogP contribution in [-0.4, -0.2) is 27.7 Å². The first-order valence-electron chi connectivity index (χ1n) is 5.25. The summed E-state index contributed by atoms with van der Waals surface area (Å²) in [7, 11) is 3.43. The van der Waals surface area contributed by atoms with Gasteiger partial charge in [0.2, 0.25) is 0 Å². The van der Waals surface area contributed by atoms with Crippen molar-refractivity contribution >= 4 is 23.4 Å². The van der Waals surface area contributed by atoms with E-state index in [0.29, 0.717) is 16.4 Å². The Bertz CT molecular complexity index is 581. The number of amides is 1. The van der Waals surface area contributed by atoms with Gasteiger partial charge in [-0.25, -0.2) is 0 Å². The van der Waals surface area contributed by atoms with Gasteiger partial charge in [-0.15, -0.1) is 10.2 Å². The van der Waals surface area contributed by atoms with Gasteiger partial charge < -0.3 is 15.6 Å². The monoisotopic (exact) mass is 263 g/mol. The highest BCUT2D eigenvalue weighted by molar-refractivity contribution is 7.99. The Labute approximate surface area is 109 Å². The molecule has 6 nitrogen and oxygen atoms in total. The van der Waals surface area contributed by atoms with Crippen LogP contribution >= 0.6 is 11.8 Å². The van der Waals surface area contributed by atoms with Gasteiger partial charge in [0.15, 0.2) is 5.16 Å². The predicted octanol–water partition coefficient (Wildman–Crippen LogP) is 0.908. The number of benzene rings is 1. The molecule has 0 radical (unpaired) electrons. The van der Waals surface area contributed by atoms with Gasteiger partial charge in [-0.3, -0.25) is 4.79 Å². The molecule has 2 aromatic rings. The maximum absolute atomic E-state index is 11.8. The summed E-state index contributed by atoms with van der Waals surface area (Å²) in [5.41, 5.74) is 6.92. The SMILES string of the molecule is CNC(=O)c1ccc(N)cc1Sc1nncn1C. The third kappa shape index (κ3) is 2.45. The maximum Gasteiger partial charge on any atom is 0.252 e. The molecule has 0 unspecified atom stereocenters. The highest BCUT2D eigenvalue weighted by Crippen LogP contribution is 2.30. The second-order valence-corrected chi connectivity index (χ2v) is 4.67. The predicted molar refractivity (Wildman–Crippen MR) is 69.4 cm³/mol. The first kappa shape index (κ1) is 12.4. The molecule has 0 aliphatic heterocycles. The number of hydrogen-bond acceptors (Lipinski definition) is 5. The average Bonchev–Trinajstić information content (AvgIpc) is 2.74. The third-order valence-electron chi connectivity index (χ3n) is 2.35. The van der Waals surface area contributed by atoms with Crippen LogP contribution in [0.25, 0.3) is 0 Å². The number of rotatable bonds is 3. The van der Waals surface area contributed by atoms with Crippen molar-refractivity contribution < 1.29 is 4.79 Å². The average molecular weight is 263 g/mol. The van der Waals surface area contributed by atoms with Gasteiger partial charge in [0.1, 0.15) is 6.33 Å². The Morgan fingerprint density at radius 1 is 1.50 bits per heavy atom. The molecule has 7 heteroatoms. The van der Waals surface area contributed by atoms with E-state index in [2.05, 4.69) is 15.5 Å². The molecule has 0 saturated carbocycles. The molecule has 1 aromatic heterocycles. The molecule has 0 spiro atoms. The number of anilines is 1. The molecule has 0 atom stereocenters. The summed E-state index contributed by atoms with van der Waals surface area (Å²) in [6, 6.07) is 5.15. The van der Waals surface area contributed by atoms with Crippen molar-refractivity contribution in [3.63, 3.8) is 0 Å². The second-order valence-electron chi connectivity index (χ2n) is 3.66. The molecular formula is C11H13N5OS. The Morgan fingerprint density at radius 2 is 2.28 bits per heavy atom. The van der Waals surface area contributed by atoms with Crippen LogP contribution in [0.4, 0.5) is 5.69 Å². The fourth-order valence-corrected chi connectivity index (χ4v) is 2.35. The zero-order valence-electron chi connectivity index (χ0n) is 10.0. The van der Waals surface area contributed by atoms with E-state index in [4.69, 9.17) is 5.73 Å². The number of nitrogen functional groups attached to an aromatic ring is 1. The standard InChI is InChI=1S/C11H13N5OS/c1-13-10(17)8-4-3-7(12)5-9(8)18-11-15-14-6-16(11)2/h3-6H,12H2,1-2H3,(H,13,17). The minimum atomic E-state index is -0.153. The van der Waals surface area contributed by atoms with Gasteiger partial charge in [-0.05, 0) is 30.0 Å². The Hall–Kier alpha value is -2.02. The number of aromatic nitrogens is 3. The van der Waals surface area contributed by atoms with E-state index in [1.165, 1.54) is 11.8 Å². The highest BCUT2D eigenvalue weighted by atomic mass is 32.2. The fourth-order valence-electron chi connectivity index (χ4n) is 1.41.